The lowest BCUT2D eigenvalue weighted by Crippen LogP contribution is -2.29. The maximum Gasteiger partial charge on any atom is 0.240 e. The van der Waals surface area contributed by atoms with Gasteiger partial charge in [0.1, 0.15) is 0 Å². The van der Waals surface area contributed by atoms with Gasteiger partial charge in [0.2, 0.25) is 10.0 Å². The van der Waals surface area contributed by atoms with Gasteiger partial charge < -0.3 is 5.73 Å². The van der Waals surface area contributed by atoms with Crippen molar-refractivity contribution in [3.63, 3.8) is 0 Å². The summed E-state index contributed by atoms with van der Waals surface area (Å²) in [6, 6.07) is 6.67. The molecule has 19 heavy (non-hydrogen) atoms. The molecule has 1 aromatic carbocycles. The van der Waals surface area contributed by atoms with Crippen molar-refractivity contribution in [2.75, 3.05) is 6.54 Å². The highest BCUT2D eigenvalue weighted by molar-refractivity contribution is 7.89. The van der Waals surface area contributed by atoms with Gasteiger partial charge in [0, 0.05) is 12.6 Å². The van der Waals surface area contributed by atoms with Crippen LogP contribution in [0.3, 0.4) is 0 Å². The minimum Gasteiger partial charge on any atom is -0.324 e. The van der Waals surface area contributed by atoms with E-state index < -0.39 is 10.0 Å². The number of benzene rings is 1. The van der Waals surface area contributed by atoms with Crippen LogP contribution < -0.4 is 10.5 Å². The highest BCUT2D eigenvalue weighted by Gasteiger charge is 2.28. The fraction of sp³-hybridized carbons (Fsp3) is 0.571. The zero-order valence-corrected chi connectivity index (χ0v) is 12.3. The first-order valence-electron chi connectivity index (χ1n) is 6.75. The van der Waals surface area contributed by atoms with E-state index in [1.807, 2.05) is 13.0 Å². The second-order valence-electron chi connectivity index (χ2n) is 5.53. The average Bonchev–Trinajstić information content (AvgIpc) is 3.20. The van der Waals surface area contributed by atoms with Crippen molar-refractivity contribution >= 4 is 10.0 Å². The number of sulfonamides is 1. The summed E-state index contributed by atoms with van der Waals surface area (Å²) in [4.78, 5) is 0.297. The first-order chi connectivity index (χ1) is 8.90. The maximum atomic E-state index is 12.2. The van der Waals surface area contributed by atoms with Gasteiger partial charge in [-0.1, -0.05) is 19.1 Å². The van der Waals surface area contributed by atoms with Gasteiger partial charge in [-0.15, -0.1) is 0 Å². The Morgan fingerprint density at radius 1 is 1.37 bits per heavy atom. The lowest BCUT2D eigenvalue weighted by atomic mass is 10.1. The molecule has 2 atom stereocenters. The zero-order chi connectivity index (χ0) is 14.0. The molecular weight excluding hydrogens is 260 g/mol. The van der Waals surface area contributed by atoms with Crippen molar-refractivity contribution in [2.45, 2.75) is 37.6 Å². The molecule has 1 aliphatic carbocycles. The Kier molecular flexibility index (Phi) is 4.28. The monoisotopic (exact) mass is 282 g/mol. The Hall–Kier alpha value is -0.910. The summed E-state index contributed by atoms with van der Waals surface area (Å²) in [7, 11) is -3.42. The minimum absolute atomic E-state index is 0.166. The fourth-order valence-corrected chi connectivity index (χ4v) is 3.32. The van der Waals surface area contributed by atoms with Gasteiger partial charge >= 0.3 is 0 Å². The van der Waals surface area contributed by atoms with Gasteiger partial charge in [-0.25, -0.2) is 13.1 Å². The van der Waals surface area contributed by atoms with Crippen molar-refractivity contribution < 1.29 is 8.42 Å². The third kappa shape index (κ3) is 3.78. The van der Waals surface area contributed by atoms with Crippen molar-refractivity contribution in [2.24, 2.45) is 17.6 Å². The molecule has 1 saturated carbocycles. The fourth-order valence-electron chi connectivity index (χ4n) is 2.12. The molecule has 0 aromatic heterocycles. The Balaban J connectivity index is 2.07. The Labute approximate surface area is 115 Å². The SMILES string of the molecule is CC(N)c1cccc(S(=O)(=O)NCC(C)C2CC2)c1. The van der Waals surface area contributed by atoms with E-state index in [0.29, 0.717) is 23.3 Å². The molecule has 5 heteroatoms. The van der Waals surface area contributed by atoms with Gasteiger partial charge in [-0.3, -0.25) is 0 Å². The molecule has 0 radical (unpaired) electrons. The molecule has 2 unspecified atom stereocenters. The predicted molar refractivity (Wildman–Crippen MR) is 76.1 cm³/mol. The zero-order valence-electron chi connectivity index (χ0n) is 11.5. The van der Waals surface area contributed by atoms with Crippen LogP contribution in [0.2, 0.25) is 0 Å². The highest BCUT2D eigenvalue weighted by Crippen LogP contribution is 2.36. The van der Waals surface area contributed by atoms with Crippen LogP contribution in [0.1, 0.15) is 38.3 Å². The summed E-state index contributed by atoms with van der Waals surface area (Å²) in [5, 5.41) is 0. The first kappa shape index (κ1) is 14.5. The van der Waals surface area contributed by atoms with E-state index in [2.05, 4.69) is 11.6 Å². The van der Waals surface area contributed by atoms with E-state index >= 15 is 0 Å². The molecule has 1 aliphatic rings. The molecule has 0 spiro atoms. The summed E-state index contributed by atoms with van der Waals surface area (Å²) < 4.78 is 27.1. The van der Waals surface area contributed by atoms with Crippen LogP contribution in [0.25, 0.3) is 0 Å². The summed E-state index contributed by atoms with van der Waals surface area (Å²) in [6.07, 6.45) is 2.45. The molecular formula is C14H22N2O2S. The normalized spacial score (nSPS) is 19.1. The van der Waals surface area contributed by atoms with Crippen molar-refractivity contribution in [3.05, 3.63) is 29.8 Å². The van der Waals surface area contributed by atoms with E-state index in [1.165, 1.54) is 12.8 Å². The van der Waals surface area contributed by atoms with Crippen molar-refractivity contribution in [1.82, 2.24) is 4.72 Å². The number of hydrogen-bond acceptors (Lipinski definition) is 3. The van der Waals surface area contributed by atoms with E-state index in [0.717, 1.165) is 5.56 Å². The van der Waals surface area contributed by atoms with Crippen LogP contribution >= 0.6 is 0 Å². The summed E-state index contributed by atoms with van der Waals surface area (Å²) in [6.45, 7) is 4.45. The van der Waals surface area contributed by atoms with Crippen LogP contribution in [-0.2, 0) is 10.0 Å². The van der Waals surface area contributed by atoms with Crippen LogP contribution in [0.4, 0.5) is 0 Å². The lowest BCUT2D eigenvalue weighted by molar-refractivity contribution is 0.492. The van der Waals surface area contributed by atoms with Crippen LogP contribution in [-0.4, -0.2) is 15.0 Å². The topological polar surface area (TPSA) is 72.2 Å². The molecule has 3 N–H and O–H groups in total. The second kappa shape index (κ2) is 5.61. The van der Waals surface area contributed by atoms with E-state index in [1.54, 1.807) is 18.2 Å². The van der Waals surface area contributed by atoms with Gasteiger partial charge in [-0.2, -0.15) is 0 Å². The molecule has 106 valence electrons. The number of nitrogens with one attached hydrogen (secondary N) is 1. The Bertz CT molecular complexity index is 536. The predicted octanol–water partition coefficient (Wildman–Crippen LogP) is 2.03. The molecule has 0 aliphatic heterocycles. The summed E-state index contributed by atoms with van der Waals surface area (Å²) in [5.41, 5.74) is 6.61. The van der Waals surface area contributed by atoms with Gasteiger partial charge in [0.05, 0.1) is 4.90 Å². The number of hydrogen-bond donors (Lipinski definition) is 2. The molecule has 1 aromatic rings. The van der Waals surface area contributed by atoms with E-state index in [-0.39, 0.29) is 6.04 Å². The van der Waals surface area contributed by atoms with Crippen molar-refractivity contribution in [3.8, 4) is 0 Å². The molecule has 0 heterocycles. The molecule has 1 fully saturated rings. The van der Waals surface area contributed by atoms with Crippen LogP contribution in [0.5, 0.6) is 0 Å². The van der Waals surface area contributed by atoms with Gasteiger partial charge in [0.25, 0.3) is 0 Å². The summed E-state index contributed by atoms with van der Waals surface area (Å²) in [5.74, 6) is 1.10. The first-order valence-corrected chi connectivity index (χ1v) is 8.23. The number of nitrogens with two attached hydrogens (primary N) is 1. The Morgan fingerprint density at radius 2 is 2.05 bits per heavy atom. The molecule has 4 nitrogen and oxygen atoms in total. The van der Waals surface area contributed by atoms with Gasteiger partial charge in [0.15, 0.2) is 0 Å². The average molecular weight is 282 g/mol. The molecule has 0 saturated heterocycles. The largest absolute Gasteiger partial charge is 0.324 e. The van der Waals surface area contributed by atoms with Crippen molar-refractivity contribution in [1.29, 1.82) is 0 Å². The van der Waals surface area contributed by atoms with E-state index in [4.69, 9.17) is 5.73 Å². The Morgan fingerprint density at radius 3 is 2.63 bits per heavy atom. The van der Waals surface area contributed by atoms with Crippen LogP contribution in [0.15, 0.2) is 29.2 Å². The molecule has 0 amide bonds. The number of rotatable bonds is 6. The minimum atomic E-state index is -3.42. The van der Waals surface area contributed by atoms with Crippen LogP contribution in [0, 0.1) is 11.8 Å². The maximum absolute atomic E-state index is 12.2. The lowest BCUT2D eigenvalue weighted by Gasteiger charge is -2.13. The third-order valence-electron chi connectivity index (χ3n) is 3.72. The van der Waals surface area contributed by atoms with E-state index in [9.17, 15) is 8.42 Å². The standard InChI is InChI=1S/C14H22N2O2S/c1-10(12-6-7-12)9-16-19(17,18)14-5-3-4-13(8-14)11(2)15/h3-5,8,10-12,16H,6-7,9,15H2,1-2H3. The molecule has 2 rings (SSSR count). The quantitative estimate of drug-likeness (QED) is 0.838. The second-order valence-corrected chi connectivity index (χ2v) is 7.29. The van der Waals surface area contributed by atoms with Gasteiger partial charge in [-0.05, 0) is 49.3 Å². The third-order valence-corrected chi connectivity index (χ3v) is 5.14. The smallest absolute Gasteiger partial charge is 0.240 e. The summed E-state index contributed by atoms with van der Waals surface area (Å²) >= 11 is 0. The molecule has 0 bridgehead atoms. The highest BCUT2D eigenvalue weighted by atomic mass is 32.2.